The molecule has 4 nitrogen and oxygen atoms in total. The van der Waals surface area contributed by atoms with Crippen molar-refractivity contribution in [3.8, 4) is 11.4 Å². The summed E-state index contributed by atoms with van der Waals surface area (Å²) in [4.78, 5) is 10.8. The van der Waals surface area contributed by atoms with Crippen LogP contribution in [-0.2, 0) is 7.05 Å². The molecule has 0 spiro atoms. The van der Waals surface area contributed by atoms with Gasteiger partial charge in [0.05, 0.1) is 0 Å². The Kier molecular flexibility index (Phi) is 2.29. The molecule has 0 atom stereocenters. The fraction of sp³-hybridized carbons (Fsp3) is 0.100. The summed E-state index contributed by atoms with van der Waals surface area (Å²) in [5.74, 6) is 0.0650. The highest BCUT2D eigenvalue weighted by Gasteiger charge is 2.10. The number of aryl methyl sites for hydroxylation is 1. The number of nitrogens with zero attached hydrogens (tertiary/aromatic N) is 3. The molecule has 0 fully saturated rings. The topological polar surface area (TPSA) is 47.8 Å². The Morgan fingerprint density at radius 2 is 2.27 bits per heavy atom. The van der Waals surface area contributed by atoms with Crippen LogP contribution in [0.2, 0.25) is 0 Å². The Bertz CT molecular complexity index is 507. The molecule has 15 heavy (non-hydrogen) atoms. The van der Waals surface area contributed by atoms with Crippen LogP contribution in [0.1, 0.15) is 10.4 Å². The van der Waals surface area contributed by atoms with Gasteiger partial charge in [-0.3, -0.25) is 4.79 Å². The molecule has 0 aliphatic heterocycles. The molecule has 0 aliphatic rings. The second kappa shape index (κ2) is 3.61. The maximum absolute atomic E-state index is 13.0. The van der Waals surface area contributed by atoms with Gasteiger partial charge >= 0.3 is 0 Å². The predicted molar refractivity (Wildman–Crippen MR) is 51.8 cm³/mol. The number of hydrogen-bond donors (Lipinski definition) is 0. The first-order chi connectivity index (χ1) is 7.22. The lowest BCUT2D eigenvalue weighted by Crippen LogP contribution is -1.96. The van der Waals surface area contributed by atoms with Crippen LogP contribution in [0.15, 0.2) is 24.5 Å². The maximum atomic E-state index is 13.0. The molecular formula is C10H8FN3O. The summed E-state index contributed by atoms with van der Waals surface area (Å²) >= 11 is 0. The summed E-state index contributed by atoms with van der Waals surface area (Å²) < 4.78 is 14.7. The summed E-state index contributed by atoms with van der Waals surface area (Å²) in [5, 5.41) is 7.50. The normalized spacial score (nSPS) is 10.3. The van der Waals surface area contributed by atoms with Crippen LogP contribution >= 0.6 is 0 Å². The lowest BCUT2D eigenvalue weighted by atomic mass is 10.1. The summed E-state index contributed by atoms with van der Waals surface area (Å²) in [7, 11) is 1.73. The van der Waals surface area contributed by atoms with Gasteiger partial charge in [-0.05, 0) is 18.2 Å². The van der Waals surface area contributed by atoms with Crippen molar-refractivity contribution in [1.29, 1.82) is 0 Å². The average molecular weight is 205 g/mol. The molecule has 1 aromatic heterocycles. The summed E-state index contributed by atoms with van der Waals surface area (Å²) in [6.45, 7) is 0. The number of rotatable bonds is 2. The first-order valence-corrected chi connectivity index (χ1v) is 4.31. The Balaban J connectivity index is 2.65. The first-order valence-electron chi connectivity index (χ1n) is 4.31. The molecule has 0 unspecified atom stereocenters. The van der Waals surface area contributed by atoms with Gasteiger partial charge < -0.3 is 4.57 Å². The van der Waals surface area contributed by atoms with Gasteiger partial charge in [-0.2, -0.15) is 0 Å². The van der Waals surface area contributed by atoms with Crippen LogP contribution in [-0.4, -0.2) is 21.1 Å². The van der Waals surface area contributed by atoms with Crippen molar-refractivity contribution in [3.63, 3.8) is 0 Å². The van der Waals surface area contributed by atoms with Gasteiger partial charge in [0.1, 0.15) is 12.1 Å². The van der Waals surface area contributed by atoms with Crippen LogP contribution in [0.5, 0.6) is 0 Å². The summed E-state index contributed by atoms with van der Waals surface area (Å²) in [5.41, 5.74) is 0.845. The lowest BCUT2D eigenvalue weighted by Gasteiger charge is -2.03. The molecule has 5 heteroatoms. The number of aromatic nitrogens is 3. The van der Waals surface area contributed by atoms with E-state index in [-0.39, 0.29) is 0 Å². The molecule has 2 aromatic rings. The van der Waals surface area contributed by atoms with E-state index in [1.54, 1.807) is 11.6 Å². The van der Waals surface area contributed by atoms with Crippen LogP contribution in [0.4, 0.5) is 4.39 Å². The van der Waals surface area contributed by atoms with Gasteiger partial charge in [-0.15, -0.1) is 10.2 Å². The molecule has 0 saturated heterocycles. The Labute approximate surface area is 85.4 Å². The van der Waals surface area contributed by atoms with Crippen molar-refractivity contribution in [2.24, 2.45) is 7.05 Å². The van der Waals surface area contributed by atoms with Crippen LogP contribution in [0.3, 0.4) is 0 Å². The number of carbonyl (C=O) groups excluding carboxylic acids is 1. The zero-order valence-electron chi connectivity index (χ0n) is 8.01. The fourth-order valence-corrected chi connectivity index (χ4v) is 1.35. The monoisotopic (exact) mass is 205 g/mol. The maximum Gasteiger partial charge on any atom is 0.164 e. The van der Waals surface area contributed by atoms with E-state index in [0.717, 1.165) is 0 Å². The van der Waals surface area contributed by atoms with E-state index in [2.05, 4.69) is 10.2 Å². The van der Waals surface area contributed by atoms with E-state index < -0.39 is 5.82 Å². The van der Waals surface area contributed by atoms with Crippen LogP contribution in [0, 0.1) is 5.82 Å². The molecule has 0 radical (unpaired) electrons. The van der Waals surface area contributed by atoms with E-state index in [4.69, 9.17) is 0 Å². The van der Waals surface area contributed by atoms with E-state index >= 15 is 0 Å². The largest absolute Gasteiger partial charge is 0.317 e. The molecular weight excluding hydrogens is 197 g/mol. The average Bonchev–Trinajstić information content (AvgIpc) is 2.64. The van der Waals surface area contributed by atoms with Crippen molar-refractivity contribution < 1.29 is 9.18 Å². The Hall–Kier alpha value is -2.04. The molecule has 0 saturated carbocycles. The molecule has 1 heterocycles. The quantitative estimate of drug-likeness (QED) is 0.697. The fourth-order valence-electron chi connectivity index (χ4n) is 1.35. The first kappa shape index (κ1) is 9.51. The molecule has 76 valence electrons. The second-order valence-electron chi connectivity index (χ2n) is 3.11. The number of aldehydes is 1. The number of hydrogen-bond acceptors (Lipinski definition) is 3. The molecule has 1 aromatic carbocycles. The number of halogens is 1. The molecule has 0 bridgehead atoms. The third kappa shape index (κ3) is 1.63. The van der Waals surface area contributed by atoms with Gasteiger partial charge in [0, 0.05) is 18.2 Å². The highest BCUT2D eigenvalue weighted by atomic mass is 19.1. The van der Waals surface area contributed by atoms with E-state index in [1.165, 1.54) is 24.5 Å². The Morgan fingerprint density at radius 3 is 2.87 bits per heavy atom. The minimum Gasteiger partial charge on any atom is -0.317 e. The molecule has 0 N–H and O–H groups in total. The van der Waals surface area contributed by atoms with Crippen LogP contribution < -0.4 is 0 Å². The Morgan fingerprint density at radius 1 is 1.47 bits per heavy atom. The van der Waals surface area contributed by atoms with Gasteiger partial charge in [0.2, 0.25) is 0 Å². The van der Waals surface area contributed by atoms with Crippen LogP contribution in [0.25, 0.3) is 11.4 Å². The molecule has 2 rings (SSSR count). The van der Waals surface area contributed by atoms with Gasteiger partial charge in [-0.1, -0.05) is 0 Å². The van der Waals surface area contributed by atoms with Gasteiger partial charge in [0.15, 0.2) is 12.1 Å². The minimum absolute atomic E-state index is 0.396. The van der Waals surface area contributed by atoms with E-state index in [1.807, 2.05) is 0 Å². The highest BCUT2D eigenvalue weighted by molar-refractivity contribution is 5.85. The molecule has 0 aliphatic carbocycles. The minimum atomic E-state index is -0.404. The zero-order chi connectivity index (χ0) is 10.8. The van der Waals surface area contributed by atoms with Gasteiger partial charge in [0.25, 0.3) is 0 Å². The second-order valence-corrected chi connectivity index (χ2v) is 3.11. The van der Waals surface area contributed by atoms with E-state index in [9.17, 15) is 9.18 Å². The lowest BCUT2D eigenvalue weighted by molar-refractivity contribution is 0.112. The smallest absolute Gasteiger partial charge is 0.164 e. The van der Waals surface area contributed by atoms with Crippen molar-refractivity contribution in [2.75, 3.05) is 0 Å². The van der Waals surface area contributed by atoms with Crippen molar-refractivity contribution in [3.05, 3.63) is 35.9 Å². The summed E-state index contributed by atoms with van der Waals surface area (Å²) in [6, 6.07) is 3.93. The van der Waals surface area contributed by atoms with E-state index in [0.29, 0.717) is 23.2 Å². The SMILES string of the molecule is Cn1cnnc1-c1cc(F)ccc1C=O. The van der Waals surface area contributed by atoms with Crippen molar-refractivity contribution >= 4 is 6.29 Å². The highest BCUT2D eigenvalue weighted by Crippen LogP contribution is 2.20. The molecule has 0 amide bonds. The van der Waals surface area contributed by atoms with Crippen molar-refractivity contribution in [2.45, 2.75) is 0 Å². The number of benzene rings is 1. The van der Waals surface area contributed by atoms with Crippen molar-refractivity contribution in [1.82, 2.24) is 14.8 Å². The predicted octanol–water partition coefficient (Wildman–Crippen LogP) is 1.43. The third-order valence-electron chi connectivity index (χ3n) is 2.09. The summed E-state index contributed by atoms with van der Waals surface area (Å²) in [6.07, 6.45) is 2.16. The van der Waals surface area contributed by atoms with Gasteiger partial charge in [-0.25, -0.2) is 4.39 Å². The zero-order valence-corrected chi connectivity index (χ0v) is 8.01. The third-order valence-corrected chi connectivity index (χ3v) is 2.09. The standard InChI is InChI=1S/C10H8FN3O/c1-14-6-12-13-10(14)9-4-8(11)3-2-7(9)5-15/h2-6H,1H3. The number of carbonyl (C=O) groups is 1.